The maximum Gasteiger partial charge on any atom is 0.246 e. The van der Waals surface area contributed by atoms with E-state index in [-0.39, 0.29) is 91.4 Å². The zero-order chi connectivity index (χ0) is 58.5. The summed E-state index contributed by atoms with van der Waals surface area (Å²) in [6.45, 7) is 10.9. The van der Waals surface area contributed by atoms with Crippen LogP contribution in [-0.4, -0.2) is 164 Å². The Hall–Kier alpha value is -6.36. The van der Waals surface area contributed by atoms with Crippen molar-refractivity contribution in [2.75, 3.05) is 107 Å². The third-order valence-corrected chi connectivity index (χ3v) is 19.8. The number of likely N-dealkylation sites (N-methyl/N-ethyl adjacent to an activating group) is 1. The van der Waals surface area contributed by atoms with Crippen molar-refractivity contribution in [1.29, 1.82) is 0 Å². The van der Waals surface area contributed by atoms with Crippen LogP contribution >= 0.6 is 11.3 Å². The first kappa shape index (κ1) is 59.4. The maximum atomic E-state index is 15.8. The highest BCUT2D eigenvalue weighted by Gasteiger charge is 2.45. The van der Waals surface area contributed by atoms with Crippen LogP contribution in [-0.2, 0) is 30.5 Å². The number of fused-ring (bicyclic) bond motifs is 1. The molecule has 19 nitrogen and oxygen atoms in total. The summed E-state index contributed by atoms with van der Waals surface area (Å²) in [6, 6.07) is 10.7. The number of aromatic nitrogens is 3. The van der Waals surface area contributed by atoms with E-state index in [0.717, 1.165) is 108 Å². The van der Waals surface area contributed by atoms with E-state index in [0.29, 0.717) is 85.0 Å². The number of hydrogen-bond donors (Lipinski definition) is 4. The molecule has 2 aromatic carbocycles. The minimum atomic E-state index is -0.585. The van der Waals surface area contributed by atoms with Crippen molar-refractivity contribution in [3.05, 3.63) is 87.6 Å². The fourth-order valence-corrected chi connectivity index (χ4v) is 15.0. The molecule has 4 aromatic rings. The second-order valence-corrected chi connectivity index (χ2v) is 26.3. The van der Waals surface area contributed by atoms with E-state index < -0.39 is 23.2 Å². The summed E-state index contributed by atoms with van der Waals surface area (Å²) in [5.41, 5.74) is 0.869. The number of likely N-dealkylation sites (tertiary alicyclic amines) is 2. The first-order valence-electron chi connectivity index (χ1n) is 30.5. The molecule has 5 aliphatic heterocycles. The maximum absolute atomic E-state index is 15.8. The number of ether oxygens (including phenoxy) is 2. The lowest BCUT2D eigenvalue weighted by molar-refractivity contribution is -0.139. The van der Waals surface area contributed by atoms with Gasteiger partial charge in [-0.15, -0.1) is 11.3 Å². The van der Waals surface area contributed by atoms with Gasteiger partial charge in [-0.05, 0) is 126 Å². The van der Waals surface area contributed by atoms with Crippen LogP contribution in [0.2, 0.25) is 0 Å². The molecule has 7 aliphatic rings. The van der Waals surface area contributed by atoms with E-state index in [1.165, 1.54) is 23.5 Å². The van der Waals surface area contributed by atoms with Gasteiger partial charge >= 0.3 is 0 Å². The Morgan fingerprint density at radius 1 is 0.845 bits per heavy atom. The Morgan fingerprint density at radius 2 is 1.60 bits per heavy atom. The number of benzene rings is 2. The van der Waals surface area contributed by atoms with Crippen molar-refractivity contribution >= 4 is 58.1 Å². The highest BCUT2D eigenvalue weighted by atomic mass is 32.1. The predicted molar refractivity (Wildman–Crippen MR) is 316 cm³/mol. The molecule has 0 unspecified atom stereocenters. The molecule has 0 bridgehead atoms. The number of carbonyl (C=O) groups excluding carboxylic acids is 5. The van der Waals surface area contributed by atoms with Crippen LogP contribution in [0.1, 0.15) is 130 Å². The zero-order valence-electron chi connectivity index (χ0n) is 48.9. The van der Waals surface area contributed by atoms with Crippen LogP contribution in [0.15, 0.2) is 54.2 Å². The van der Waals surface area contributed by atoms with Gasteiger partial charge in [0.15, 0.2) is 0 Å². The summed E-state index contributed by atoms with van der Waals surface area (Å²) in [7, 11) is 1.71. The van der Waals surface area contributed by atoms with Crippen molar-refractivity contribution in [2.45, 2.75) is 128 Å². The number of anilines is 3. The Morgan fingerprint density at radius 3 is 2.35 bits per heavy atom. The Kier molecular flexibility index (Phi) is 18.4. The quantitative estimate of drug-likeness (QED) is 0.0557. The number of carbonyl (C=O) groups is 5. The van der Waals surface area contributed by atoms with Gasteiger partial charge in [-0.2, -0.15) is 0 Å². The van der Waals surface area contributed by atoms with Gasteiger partial charge < -0.3 is 50.3 Å². The molecule has 7 heterocycles. The number of halogens is 2. The Bertz CT molecular complexity index is 3000. The molecule has 4 N–H and O–H groups in total. The molecule has 4 amide bonds. The van der Waals surface area contributed by atoms with Crippen LogP contribution in [0.5, 0.6) is 5.75 Å². The normalized spacial score (nSPS) is 23.8. The first-order chi connectivity index (χ1) is 40.6. The number of ketones is 1. The fourth-order valence-electron chi connectivity index (χ4n) is 14.1. The molecule has 22 heteroatoms. The minimum Gasteiger partial charge on any atom is -0.492 e. The standard InChI is InChI=1S/C62H82F2N12O7S/c1-61(2)14-20-72(21-15-61)32-44-28-48(64)51(29-47(44)63)75-35-55(78)71-62(38-75)16-22-73(23-17-62)52-30-53(68-39-67-52)74-33-42-26-46(27-43(42)34-74)83-36-56(79)66-18-24-82-45-12-7-11-41(25-45)58(80)49-37-84-59(69-49)50-13-8-19-76(50)60(81)57(70-54(77)31-65-3)40-9-5-4-6-10-40/h7,11-12,25,28-30,37,39-40,42-43,46,50,57,65H,4-6,8-10,13-24,26-27,31-36,38H2,1-3H3,(H,66,79)(H,70,77)(H,71,78)/t42-,43+,46-,50-,57-/m0/s1. The third-order valence-electron chi connectivity index (χ3n) is 18.9. The van der Waals surface area contributed by atoms with E-state index in [9.17, 15) is 24.0 Å². The van der Waals surface area contributed by atoms with Gasteiger partial charge in [0.1, 0.15) is 65.3 Å². The highest BCUT2D eigenvalue weighted by molar-refractivity contribution is 7.10. The topological polar surface area (TPSA) is 207 Å². The van der Waals surface area contributed by atoms with Gasteiger partial charge in [0.25, 0.3) is 0 Å². The Labute approximate surface area is 495 Å². The molecular weight excluding hydrogens is 1090 g/mol. The van der Waals surface area contributed by atoms with Crippen molar-refractivity contribution < 1.29 is 42.2 Å². The van der Waals surface area contributed by atoms with Crippen molar-refractivity contribution in [3.8, 4) is 5.75 Å². The summed E-state index contributed by atoms with van der Waals surface area (Å²) >= 11 is 1.37. The number of piperazine rings is 1. The molecule has 0 radical (unpaired) electrons. The molecule has 11 rings (SSSR count). The third kappa shape index (κ3) is 14.0. The lowest BCUT2D eigenvalue weighted by Gasteiger charge is -2.48. The van der Waals surface area contributed by atoms with E-state index in [4.69, 9.17) is 14.5 Å². The summed E-state index contributed by atoms with van der Waals surface area (Å²) < 4.78 is 43.5. The van der Waals surface area contributed by atoms with Crippen LogP contribution in [0.4, 0.5) is 26.1 Å². The van der Waals surface area contributed by atoms with E-state index in [1.54, 1.807) is 47.9 Å². The number of nitrogens with zero attached hydrogens (tertiary/aromatic N) is 8. The van der Waals surface area contributed by atoms with Crippen molar-refractivity contribution in [2.24, 2.45) is 23.2 Å². The Balaban J connectivity index is 0.594. The molecule has 5 atom stereocenters. The van der Waals surface area contributed by atoms with Gasteiger partial charge in [0.05, 0.1) is 43.0 Å². The van der Waals surface area contributed by atoms with E-state index in [2.05, 4.69) is 59.8 Å². The molecule has 7 fully saturated rings. The van der Waals surface area contributed by atoms with Crippen molar-refractivity contribution in [3.63, 3.8) is 0 Å². The lowest BCUT2D eigenvalue weighted by Crippen LogP contribution is -2.66. The largest absolute Gasteiger partial charge is 0.492 e. The number of thiazole rings is 1. The lowest BCUT2D eigenvalue weighted by atomic mass is 9.82. The van der Waals surface area contributed by atoms with Crippen LogP contribution in [0.25, 0.3) is 0 Å². The number of rotatable bonds is 20. The van der Waals surface area contributed by atoms with Crippen LogP contribution in [0, 0.1) is 34.8 Å². The van der Waals surface area contributed by atoms with Gasteiger partial charge in [-0.1, -0.05) is 45.2 Å². The molecule has 2 aromatic heterocycles. The average molecular weight is 1180 g/mol. The van der Waals surface area contributed by atoms with Gasteiger partial charge in [-0.25, -0.2) is 23.7 Å². The smallest absolute Gasteiger partial charge is 0.246 e. The van der Waals surface area contributed by atoms with E-state index >= 15 is 8.78 Å². The monoisotopic (exact) mass is 1180 g/mol. The number of nitrogens with one attached hydrogen (secondary N) is 4. The van der Waals surface area contributed by atoms with Gasteiger partial charge in [0.2, 0.25) is 29.4 Å². The van der Waals surface area contributed by atoms with Crippen LogP contribution in [0.3, 0.4) is 0 Å². The molecule has 5 saturated heterocycles. The summed E-state index contributed by atoms with van der Waals surface area (Å²) in [5, 5.41) is 14.5. The zero-order valence-corrected chi connectivity index (χ0v) is 49.7. The molecule has 84 heavy (non-hydrogen) atoms. The highest BCUT2D eigenvalue weighted by Crippen LogP contribution is 2.42. The van der Waals surface area contributed by atoms with Crippen LogP contribution < -0.4 is 40.7 Å². The number of piperidine rings is 2. The predicted octanol–water partition coefficient (Wildman–Crippen LogP) is 6.41. The number of amides is 4. The fraction of sp³-hybridized carbons (Fsp3) is 0.613. The second kappa shape index (κ2) is 26.1. The summed E-state index contributed by atoms with van der Waals surface area (Å²) in [6.07, 6.45) is 13.1. The number of hydrogen-bond acceptors (Lipinski definition) is 16. The average Bonchev–Trinajstić information content (AvgIpc) is 3.57. The summed E-state index contributed by atoms with van der Waals surface area (Å²) in [4.78, 5) is 91.0. The first-order valence-corrected chi connectivity index (χ1v) is 31.4. The van der Waals surface area contributed by atoms with Crippen molar-refractivity contribution in [1.82, 2.24) is 46.0 Å². The molecule has 2 saturated carbocycles. The molecular formula is C62H82F2N12O7S. The van der Waals surface area contributed by atoms with E-state index in [1.807, 2.05) is 11.0 Å². The molecule has 2 aliphatic carbocycles. The summed E-state index contributed by atoms with van der Waals surface area (Å²) in [5.74, 6) is 1.15. The SMILES string of the molecule is CNCC(=O)N[C@H](C(=O)N1CCC[C@H]1c1nc(C(=O)c2cccc(OCCNC(=O)CO[C@@H]3C[C@@H]4CN(c5cc(N6CCC7(CC6)CN(c6cc(F)c(CN8CCC(C)(C)CC8)cc6F)CC(=O)N7)ncn5)C[C@@H]4C3)c2)cs1)C1CCCCC1. The second-order valence-electron chi connectivity index (χ2n) is 25.4. The molecule has 452 valence electrons. The minimum absolute atomic E-state index is 0.0240. The molecule has 1 spiro atoms. The van der Waals surface area contributed by atoms with Gasteiger partial charge in [-0.3, -0.25) is 28.9 Å². The van der Waals surface area contributed by atoms with Gasteiger partial charge in [0, 0.05) is 74.5 Å².